The Morgan fingerprint density at radius 1 is 1.25 bits per heavy atom. The second-order valence-corrected chi connectivity index (χ2v) is 6.35. The summed E-state index contributed by atoms with van der Waals surface area (Å²) in [7, 11) is 1.63. The van der Waals surface area contributed by atoms with Gasteiger partial charge in [-0.05, 0) is 58.5 Å². The zero-order valence-electron chi connectivity index (χ0n) is 10.8. The summed E-state index contributed by atoms with van der Waals surface area (Å²) in [6.07, 6.45) is 0. The Morgan fingerprint density at radius 2 is 1.95 bits per heavy atom. The van der Waals surface area contributed by atoms with Gasteiger partial charge < -0.3 is 10.1 Å². The lowest BCUT2D eigenvalue weighted by Crippen LogP contribution is -2.22. The summed E-state index contributed by atoms with van der Waals surface area (Å²) in [6.45, 7) is 0.492. The van der Waals surface area contributed by atoms with Crippen LogP contribution in [-0.4, -0.2) is 13.0 Å². The Kier molecular flexibility index (Phi) is 5.42. The molecule has 0 aliphatic heterocycles. The van der Waals surface area contributed by atoms with E-state index in [1.54, 1.807) is 7.11 Å². The molecule has 1 N–H and O–H groups in total. The van der Waals surface area contributed by atoms with Gasteiger partial charge in [-0.1, -0.05) is 28.1 Å². The number of halogens is 2. The van der Waals surface area contributed by atoms with Crippen LogP contribution in [0.4, 0.5) is 0 Å². The van der Waals surface area contributed by atoms with Crippen molar-refractivity contribution in [3.05, 3.63) is 61.6 Å². The van der Waals surface area contributed by atoms with E-state index in [2.05, 4.69) is 43.8 Å². The van der Waals surface area contributed by atoms with Gasteiger partial charge in [0, 0.05) is 20.2 Å². The van der Waals surface area contributed by atoms with Crippen molar-refractivity contribution in [1.82, 2.24) is 5.32 Å². The number of amides is 1. The second-order valence-electron chi connectivity index (χ2n) is 4.19. The molecule has 0 saturated heterocycles. The van der Waals surface area contributed by atoms with Gasteiger partial charge in [0.2, 0.25) is 0 Å². The second kappa shape index (κ2) is 7.08. The standard InChI is InChI=1S/C15H13BrINO2/c1-20-14-4-2-10(3-5-14)9-18-15(19)11-6-12(16)8-13(17)7-11/h2-8H,9H2,1H3,(H,18,19). The molecule has 20 heavy (non-hydrogen) atoms. The minimum absolute atomic E-state index is 0.0833. The zero-order chi connectivity index (χ0) is 14.5. The maximum absolute atomic E-state index is 12.1. The van der Waals surface area contributed by atoms with Crippen molar-refractivity contribution in [3.8, 4) is 5.75 Å². The van der Waals surface area contributed by atoms with E-state index in [0.717, 1.165) is 19.4 Å². The molecule has 2 aromatic rings. The number of carbonyl (C=O) groups is 1. The molecular formula is C15H13BrINO2. The summed E-state index contributed by atoms with van der Waals surface area (Å²) in [5, 5.41) is 2.90. The Balaban J connectivity index is 2.00. The van der Waals surface area contributed by atoms with Crippen LogP contribution < -0.4 is 10.1 Å². The number of ether oxygens (including phenoxy) is 1. The van der Waals surface area contributed by atoms with Crippen molar-refractivity contribution < 1.29 is 9.53 Å². The van der Waals surface area contributed by atoms with Crippen LogP contribution in [-0.2, 0) is 6.54 Å². The normalized spacial score (nSPS) is 10.2. The number of nitrogens with one attached hydrogen (secondary N) is 1. The van der Waals surface area contributed by atoms with Crippen LogP contribution in [0, 0.1) is 3.57 Å². The average molecular weight is 446 g/mol. The first-order valence-corrected chi connectivity index (χ1v) is 7.83. The molecule has 0 unspecified atom stereocenters. The van der Waals surface area contributed by atoms with E-state index in [4.69, 9.17) is 4.74 Å². The van der Waals surface area contributed by atoms with E-state index in [0.29, 0.717) is 12.1 Å². The molecule has 3 nitrogen and oxygen atoms in total. The van der Waals surface area contributed by atoms with Crippen LogP contribution in [0.15, 0.2) is 46.9 Å². The predicted octanol–water partition coefficient (Wildman–Crippen LogP) is 3.99. The van der Waals surface area contributed by atoms with E-state index < -0.39 is 0 Å². The Hall–Kier alpha value is -1.08. The van der Waals surface area contributed by atoms with Crippen LogP contribution in [0.25, 0.3) is 0 Å². The maximum Gasteiger partial charge on any atom is 0.251 e. The molecule has 104 valence electrons. The monoisotopic (exact) mass is 445 g/mol. The molecular weight excluding hydrogens is 433 g/mol. The fourth-order valence-corrected chi connectivity index (χ4v) is 3.30. The number of benzene rings is 2. The fraction of sp³-hybridized carbons (Fsp3) is 0.133. The molecule has 5 heteroatoms. The third-order valence-electron chi connectivity index (χ3n) is 2.74. The Morgan fingerprint density at radius 3 is 2.55 bits per heavy atom. The highest BCUT2D eigenvalue weighted by Crippen LogP contribution is 2.17. The minimum Gasteiger partial charge on any atom is -0.497 e. The van der Waals surface area contributed by atoms with Gasteiger partial charge in [-0.3, -0.25) is 4.79 Å². The van der Waals surface area contributed by atoms with Crippen LogP contribution in [0.5, 0.6) is 5.75 Å². The third kappa shape index (κ3) is 4.21. The largest absolute Gasteiger partial charge is 0.497 e. The zero-order valence-corrected chi connectivity index (χ0v) is 14.6. The molecule has 0 aromatic heterocycles. The first kappa shape index (κ1) is 15.3. The summed E-state index contributed by atoms with van der Waals surface area (Å²) in [4.78, 5) is 12.1. The summed E-state index contributed by atoms with van der Waals surface area (Å²) in [5.41, 5.74) is 1.68. The van der Waals surface area contributed by atoms with Gasteiger partial charge in [0.1, 0.15) is 5.75 Å². The lowest BCUT2D eigenvalue weighted by molar-refractivity contribution is 0.0951. The molecule has 0 saturated carbocycles. The van der Waals surface area contributed by atoms with Gasteiger partial charge in [-0.25, -0.2) is 0 Å². The van der Waals surface area contributed by atoms with Crippen LogP contribution in [0.2, 0.25) is 0 Å². The molecule has 0 aliphatic carbocycles. The Labute approximate surface area is 140 Å². The highest BCUT2D eigenvalue weighted by atomic mass is 127. The maximum atomic E-state index is 12.1. The third-order valence-corrected chi connectivity index (χ3v) is 3.82. The summed E-state index contributed by atoms with van der Waals surface area (Å²) < 4.78 is 7.02. The topological polar surface area (TPSA) is 38.3 Å². The van der Waals surface area contributed by atoms with E-state index >= 15 is 0 Å². The first-order chi connectivity index (χ1) is 9.58. The first-order valence-electron chi connectivity index (χ1n) is 5.95. The highest BCUT2D eigenvalue weighted by Gasteiger charge is 2.07. The fourth-order valence-electron chi connectivity index (χ4n) is 1.71. The van der Waals surface area contributed by atoms with Gasteiger partial charge in [-0.2, -0.15) is 0 Å². The van der Waals surface area contributed by atoms with Crippen molar-refractivity contribution in [3.63, 3.8) is 0 Å². The number of hydrogen-bond acceptors (Lipinski definition) is 2. The van der Waals surface area contributed by atoms with Crippen molar-refractivity contribution >= 4 is 44.4 Å². The molecule has 0 atom stereocenters. The quantitative estimate of drug-likeness (QED) is 0.722. The van der Waals surface area contributed by atoms with Crippen molar-refractivity contribution in [1.29, 1.82) is 0 Å². The number of rotatable bonds is 4. The summed E-state index contributed by atoms with van der Waals surface area (Å²) in [6, 6.07) is 13.3. The SMILES string of the molecule is COc1ccc(CNC(=O)c2cc(Br)cc(I)c2)cc1. The van der Waals surface area contributed by atoms with Gasteiger partial charge in [0.05, 0.1) is 7.11 Å². The van der Waals surface area contributed by atoms with Gasteiger partial charge in [-0.15, -0.1) is 0 Å². The smallest absolute Gasteiger partial charge is 0.251 e. The summed E-state index contributed by atoms with van der Waals surface area (Å²) >= 11 is 5.58. The van der Waals surface area contributed by atoms with Crippen molar-refractivity contribution in [2.45, 2.75) is 6.54 Å². The minimum atomic E-state index is -0.0833. The highest BCUT2D eigenvalue weighted by molar-refractivity contribution is 14.1. The molecule has 0 spiro atoms. The molecule has 0 bridgehead atoms. The summed E-state index contributed by atoms with van der Waals surface area (Å²) in [5.74, 6) is 0.724. The number of hydrogen-bond donors (Lipinski definition) is 1. The van der Waals surface area contributed by atoms with E-state index in [1.807, 2.05) is 42.5 Å². The molecule has 0 radical (unpaired) electrons. The lowest BCUT2D eigenvalue weighted by atomic mass is 10.2. The predicted molar refractivity (Wildman–Crippen MR) is 91.0 cm³/mol. The van der Waals surface area contributed by atoms with E-state index in [1.165, 1.54) is 0 Å². The van der Waals surface area contributed by atoms with Crippen LogP contribution in [0.1, 0.15) is 15.9 Å². The van der Waals surface area contributed by atoms with E-state index in [9.17, 15) is 4.79 Å². The molecule has 2 aromatic carbocycles. The number of methoxy groups -OCH3 is 1. The van der Waals surface area contributed by atoms with Crippen LogP contribution >= 0.6 is 38.5 Å². The van der Waals surface area contributed by atoms with Gasteiger partial charge in [0.15, 0.2) is 0 Å². The lowest BCUT2D eigenvalue weighted by Gasteiger charge is -2.07. The van der Waals surface area contributed by atoms with Gasteiger partial charge in [0.25, 0.3) is 5.91 Å². The molecule has 1 amide bonds. The number of carbonyl (C=O) groups excluding carboxylic acids is 1. The van der Waals surface area contributed by atoms with Crippen molar-refractivity contribution in [2.24, 2.45) is 0 Å². The molecule has 2 rings (SSSR count). The van der Waals surface area contributed by atoms with E-state index in [-0.39, 0.29) is 5.91 Å². The van der Waals surface area contributed by atoms with Crippen LogP contribution in [0.3, 0.4) is 0 Å². The van der Waals surface area contributed by atoms with Gasteiger partial charge >= 0.3 is 0 Å². The Bertz CT molecular complexity index is 594. The molecule has 0 heterocycles. The van der Waals surface area contributed by atoms with Crippen molar-refractivity contribution in [2.75, 3.05) is 7.11 Å². The average Bonchev–Trinajstić information content (AvgIpc) is 2.44. The molecule has 0 aliphatic rings. The molecule has 0 fully saturated rings.